The first-order chi connectivity index (χ1) is 8.17. The highest BCUT2D eigenvalue weighted by molar-refractivity contribution is 6.01. The Labute approximate surface area is 105 Å². The molecule has 1 heterocycles. The van der Waals surface area contributed by atoms with Crippen molar-refractivity contribution in [1.82, 2.24) is 4.90 Å². The number of hydrogen-bond donors (Lipinski definition) is 1. The highest BCUT2D eigenvalue weighted by Gasteiger charge is 2.48. The second kappa shape index (κ2) is 4.93. The van der Waals surface area contributed by atoms with Crippen LogP contribution in [0.1, 0.15) is 27.2 Å². The van der Waals surface area contributed by atoms with Gasteiger partial charge in [0.1, 0.15) is 17.7 Å². The Morgan fingerprint density at radius 3 is 2.39 bits per heavy atom. The van der Waals surface area contributed by atoms with Crippen LogP contribution in [0.25, 0.3) is 0 Å². The first-order valence-corrected chi connectivity index (χ1v) is 5.49. The van der Waals surface area contributed by atoms with Crippen molar-refractivity contribution in [2.75, 3.05) is 7.11 Å². The molecule has 0 aromatic rings. The fraction of sp³-hybridized carbons (Fsp3) is 0.727. The Hall–Kier alpha value is -1.63. The van der Waals surface area contributed by atoms with E-state index in [1.807, 2.05) is 0 Å². The van der Waals surface area contributed by atoms with E-state index in [1.54, 1.807) is 20.8 Å². The number of ether oxygens (including phenoxy) is 2. The molecule has 1 aliphatic rings. The summed E-state index contributed by atoms with van der Waals surface area (Å²) < 4.78 is 9.50. The van der Waals surface area contributed by atoms with E-state index in [9.17, 15) is 19.5 Å². The van der Waals surface area contributed by atoms with E-state index in [4.69, 9.17) is 4.74 Å². The van der Waals surface area contributed by atoms with Crippen molar-refractivity contribution in [3.63, 3.8) is 0 Å². The van der Waals surface area contributed by atoms with E-state index in [0.717, 1.165) is 7.11 Å². The first kappa shape index (κ1) is 14.4. The van der Waals surface area contributed by atoms with E-state index in [-0.39, 0.29) is 6.42 Å². The lowest BCUT2D eigenvalue weighted by Gasteiger charge is -2.25. The van der Waals surface area contributed by atoms with Crippen LogP contribution in [0.2, 0.25) is 0 Å². The minimum absolute atomic E-state index is 0.176. The lowest BCUT2D eigenvalue weighted by Crippen LogP contribution is -2.46. The van der Waals surface area contributed by atoms with Gasteiger partial charge < -0.3 is 14.6 Å². The number of aliphatic hydroxyl groups is 1. The molecule has 7 nitrogen and oxygen atoms in total. The minimum Gasteiger partial charge on any atom is -0.467 e. The van der Waals surface area contributed by atoms with E-state index in [0.29, 0.717) is 4.90 Å². The molecule has 1 N–H and O–H groups in total. The van der Waals surface area contributed by atoms with Gasteiger partial charge in [-0.15, -0.1) is 0 Å². The van der Waals surface area contributed by atoms with Crippen molar-refractivity contribution >= 4 is 18.0 Å². The van der Waals surface area contributed by atoms with Gasteiger partial charge in [-0.3, -0.25) is 4.79 Å². The van der Waals surface area contributed by atoms with Crippen molar-refractivity contribution in [3.8, 4) is 0 Å². The van der Waals surface area contributed by atoms with Crippen LogP contribution in [-0.2, 0) is 19.1 Å². The molecule has 7 heteroatoms. The Kier molecular flexibility index (Phi) is 3.95. The highest BCUT2D eigenvalue weighted by atomic mass is 16.6. The van der Waals surface area contributed by atoms with Crippen molar-refractivity contribution in [2.24, 2.45) is 0 Å². The number of amides is 2. The van der Waals surface area contributed by atoms with Crippen molar-refractivity contribution < 1.29 is 29.0 Å². The third kappa shape index (κ3) is 2.98. The molecular formula is C11H17NO6. The van der Waals surface area contributed by atoms with Gasteiger partial charge in [-0.2, -0.15) is 0 Å². The number of hydrogen-bond acceptors (Lipinski definition) is 6. The zero-order valence-electron chi connectivity index (χ0n) is 10.8. The minimum atomic E-state index is -1.39. The number of esters is 1. The largest absolute Gasteiger partial charge is 0.467 e. The van der Waals surface area contributed by atoms with Gasteiger partial charge in [-0.05, 0) is 20.8 Å². The van der Waals surface area contributed by atoms with Crippen LogP contribution in [0.3, 0.4) is 0 Å². The highest BCUT2D eigenvalue weighted by Crippen LogP contribution is 2.23. The van der Waals surface area contributed by atoms with Gasteiger partial charge in [0.2, 0.25) is 0 Å². The number of likely N-dealkylation sites (tertiary alicyclic amines) is 1. The predicted molar refractivity (Wildman–Crippen MR) is 59.5 cm³/mol. The van der Waals surface area contributed by atoms with Crippen LogP contribution < -0.4 is 0 Å². The number of nitrogens with zero attached hydrogens (tertiary/aromatic N) is 1. The maximum Gasteiger partial charge on any atom is 0.417 e. The Morgan fingerprint density at radius 2 is 1.94 bits per heavy atom. The zero-order chi connectivity index (χ0) is 14.1. The molecule has 2 amide bonds. The summed E-state index contributed by atoms with van der Waals surface area (Å²) in [6.07, 6.45) is -2.52. The SMILES string of the molecule is COC(=O)[C@H]1C[C@H](O)C(=O)N1C(=O)OC(C)(C)C. The van der Waals surface area contributed by atoms with Crippen molar-refractivity contribution in [3.05, 3.63) is 0 Å². The molecule has 102 valence electrons. The summed E-state index contributed by atoms with van der Waals surface area (Å²) in [4.78, 5) is 35.5. The third-order valence-corrected chi connectivity index (χ3v) is 2.34. The van der Waals surface area contributed by atoms with Crippen LogP contribution in [0.15, 0.2) is 0 Å². The molecule has 0 aliphatic carbocycles. The molecule has 1 fully saturated rings. The number of aliphatic hydroxyl groups excluding tert-OH is 1. The van der Waals surface area contributed by atoms with Gasteiger partial charge in [-0.25, -0.2) is 14.5 Å². The van der Waals surface area contributed by atoms with Crippen molar-refractivity contribution in [2.45, 2.75) is 44.9 Å². The fourth-order valence-corrected chi connectivity index (χ4v) is 1.60. The number of imide groups is 1. The normalized spacial score (nSPS) is 24.1. The van der Waals surface area contributed by atoms with Gasteiger partial charge in [0.15, 0.2) is 0 Å². The summed E-state index contributed by atoms with van der Waals surface area (Å²) in [7, 11) is 1.14. The standard InChI is InChI=1S/C11H17NO6/c1-11(2,3)18-10(16)12-6(9(15)17-4)5-7(13)8(12)14/h6-7,13H,5H2,1-4H3/t6-,7+/m1/s1. The summed E-state index contributed by atoms with van der Waals surface area (Å²) in [5, 5.41) is 9.42. The van der Waals surface area contributed by atoms with Crippen LogP contribution in [0.4, 0.5) is 4.79 Å². The molecule has 1 aliphatic heterocycles. The fourth-order valence-electron chi connectivity index (χ4n) is 1.60. The Balaban J connectivity index is 2.91. The van der Waals surface area contributed by atoms with Crippen LogP contribution in [0, 0.1) is 0 Å². The summed E-state index contributed by atoms with van der Waals surface area (Å²) in [5.74, 6) is -1.61. The van der Waals surface area contributed by atoms with E-state index in [2.05, 4.69) is 4.74 Å². The van der Waals surface area contributed by atoms with Gasteiger partial charge in [0.05, 0.1) is 7.11 Å². The summed E-state index contributed by atoms with van der Waals surface area (Å²) in [6, 6.07) is -1.13. The summed E-state index contributed by atoms with van der Waals surface area (Å²) >= 11 is 0. The molecule has 0 unspecified atom stereocenters. The molecule has 18 heavy (non-hydrogen) atoms. The van der Waals surface area contributed by atoms with E-state index >= 15 is 0 Å². The van der Waals surface area contributed by atoms with Crippen LogP contribution >= 0.6 is 0 Å². The molecular weight excluding hydrogens is 242 g/mol. The van der Waals surface area contributed by atoms with Crippen LogP contribution in [0.5, 0.6) is 0 Å². The van der Waals surface area contributed by atoms with E-state index < -0.39 is 35.7 Å². The second-order valence-electron chi connectivity index (χ2n) is 4.98. The topological polar surface area (TPSA) is 93.1 Å². The van der Waals surface area contributed by atoms with Gasteiger partial charge >= 0.3 is 12.1 Å². The van der Waals surface area contributed by atoms with Gasteiger partial charge in [0.25, 0.3) is 5.91 Å². The molecule has 0 saturated carbocycles. The monoisotopic (exact) mass is 259 g/mol. The molecule has 1 saturated heterocycles. The molecule has 0 bridgehead atoms. The summed E-state index contributed by atoms with van der Waals surface area (Å²) in [6.45, 7) is 4.90. The Morgan fingerprint density at radius 1 is 1.39 bits per heavy atom. The number of carbonyl (C=O) groups excluding carboxylic acids is 3. The zero-order valence-corrected chi connectivity index (χ0v) is 10.8. The quantitative estimate of drug-likeness (QED) is 0.669. The molecule has 0 radical (unpaired) electrons. The second-order valence-corrected chi connectivity index (χ2v) is 4.98. The number of methoxy groups -OCH3 is 1. The molecule has 2 atom stereocenters. The average molecular weight is 259 g/mol. The lowest BCUT2D eigenvalue weighted by molar-refractivity contribution is -0.149. The van der Waals surface area contributed by atoms with Crippen molar-refractivity contribution in [1.29, 1.82) is 0 Å². The predicted octanol–water partition coefficient (Wildman–Crippen LogP) is 0.0563. The number of rotatable bonds is 1. The molecule has 1 rings (SSSR count). The van der Waals surface area contributed by atoms with E-state index in [1.165, 1.54) is 0 Å². The average Bonchev–Trinajstić information content (AvgIpc) is 2.52. The van der Waals surface area contributed by atoms with Crippen LogP contribution in [-0.4, -0.2) is 52.8 Å². The Bertz CT molecular complexity index is 372. The van der Waals surface area contributed by atoms with Gasteiger partial charge in [0, 0.05) is 6.42 Å². The summed E-state index contributed by atoms with van der Waals surface area (Å²) in [5.41, 5.74) is -0.800. The third-order valence-electron chi connectivity index (χ3n) is 2.34. The first-order valence-electron chi connectivity index (χ1n) is 5.49. The maximum absolute atomic E-state index is 11.8. The smallest absolute Gasteiger partial charge is 0.417 e. The number of carbonyl (C=O) groups is 3. The molecule has 0 aromatic heterocycles. The maximum atomic E-state index is 11.8. The molecule has 0 spiro atoms. The van der Waals surface area contributed by atoms with Gasteiger partial charge in [-0.1, -0.05) is 0 Å². The molecule has 0 aromatic carbocycles. The lowest BCUT2D eigenvalue weighted by atomic mass is 10.2.